The molecule has 1 amide bonds. The summed E-state index contributed by atoms with van der Waals surface area (Å²) in [6, 6.07) is 10.2. The lowest BCUT2D eigenvalue weighted by molar-refractivity contribution is -0.113. The maximum atomic E-state index is 13.0. The Morgan fingerprint density at radius 3 is 2.48 bits per heavy atom. The number of carbonyl (C=O) groups is 2. The van der Waals surface area contributed by atoms with Crippen molar-refractivity contribution in [1.29, 1.82) is 0 Å². The van der Waals surface area contributed by atoms with Crippen molar-refractivity contribution in [1.82, 2.24) is 0 Å². The van der Waals surface area contributed by atoms with Crippen LogP contribution in [0.5, 0.6) is 5.75 Å². The fourth-order valence-electron chi connectivity index (χ4n) is 3.99. The van der Waals surface area contributed by atoms with Crippen molar-refractivity contribution in [3.05, 3.63) is 74.9 Å². The van der Waals surface area contributed by atoms with E-state index in [1.165, 1.54) is 62.8 Å². The molecule has 3 N–H and O–H groups in total. The van der Waals surface area contributed by atoms with Gasteiger partial charge in [0.05, 0.1) is 30.5 Å². The Hall–Kier alpha value is -3.94. The highest BCUT2D eigenvalue weighted by Crippen LogP contribution is 2.40. The number of nitrogens with one attached hydrogen (secondary N) is 2. The number of aliphatic hydroxyl groups excluding tert-OH is 1. The number of ether oxygens (including phenoxy) is 2. The van der Waals surface area contributed by atoms with Crippen LogP contribution in [0.1, 0.15) is 34.1 Å². The van der Waals surface area contributed by atoms with Gasteiger partial charge in [0.2, 0.25) is 0 Å². The number of carbonyl (C=O) groups excluding carboxylic acids is 2. The molecular weight excluding hydrogens is 580 g/mol. The Bertz CT molecular complexity index is 1630. The number of thiophene rings is 1. The van der Waals surface area contributed by atoms with Gasteiger partial charge in [-0.15, -0.1) is 16.5 Å². The van der Waals surface area contributed by atoms with Gasteiger partial charge >= 0.3 is 5.97 Å². The van der Waals surface area contributed by atoms with Gasteiger partial charge in [0.15, 0.2) is 5.70 Å². The number of hydrogen-bond acceptors (Lipinski definition) is 10. The molecule has 0 spiro atoms. The number of methoxy groups -OCH3 is 2. The first-order valence-corrected chi connectivity index (χ1v) is 14.5. The van der Waals surface area contributed by atoms with Crippen LogP contribution in [0.25, 0.3) is 0 Å². The lowest BCUT2D eigenvalue weighted by atomic mass is 10.1. The second kappa shape index (κ2) is 12.1. The van der Waals surface area contributed by atoms with Crippen molar-refractivity contribution in [2.45, 2.75) is 31.1 Å². The predicted molar refractivity (Wildman–Crippen MR) is 151 cm³/mol. The molecule has 210 valence electrons. The van der Waals surface area contributed by atoms with Crippen LogP contribution in [0.3, 0.4) is 0 Å². The minimum atomic E-state index is -4.12. The number of halogens is 1. The summed E-state index contributed by atoms with van der Waals surface area (Å²) in [6.45, 7) is 1.25. The molecule has 0 bridgehead atoms. The molecule has 0 unspecified atom stereocenters. The maximum absolute atomic E-state index is 13.0. The summed E-state index contributed by atoms with van der Waals surface area (Å²) in [5.74, 6) is -1.26. The van der Waals surface area contributed by atoms with Crippen molar-refractivity contribution in [3.63, 3.8) is 0 Å². The van der Waals surface area contributed by atoms with Gasteiger partial charge in [0, 0.05) is 10.6 Å². The number of sulfonamides is 1. The monoisotopic (exact) mass is 604 g/mol. The van der Waals surface area contributed by atoms with E-state index in [2.05, 4.69) is 20.3 Å². The molecule has 0 fully saturated rings. The molecule has 1 aromatic heterocycles. The van der Waals surface area contributed by atoms with Crippen LogP contribution in [0, 0.1) is 0 Å². The fourth-order valence-corrected chi connectivity index (χ4v) is 6.84. The van der Waals surface area contributed by atoms with Gasteiger partial charge < -0.3 is 19.9 Å². The Morgan fingerprint density at radius 1 is 1.10 bits per heavy atom. The summed E-state index contributed by atoms with van der Waals surface area (Å²) < 4.78 is 38.4. The number of rotatable bonds is 9. The van der Waals surface area contributed by atoms with E-state index in [-0.39, 0.29) is 26.9 Å². The van der Waals surface area contributed by atoms with Crippen LogP contribution in [-0.4, -0.2) is 39.6 Å². The minimum Gasteiger partial charge on any atom is -0.510 e. The highest BCUT2D eigenvalue weighted by atomic mass is 35.5. The van der Waals surface area contributed by atoms with Crippen LogP contribution in [-0.2, 0) is 32.4 Å². The second-order valence-electron chi connectivity index (χ2n) is 8.59. The van der Waals surface area contributed by atoms with E-state index in [1.54, 1.807) is 12.1 Å². The van der Waals surface area contributed by atoms with Gasteiger partial charge in [-0.25, -0.2) is 13.2 Å². The smallest absolute Gasteiger partial charge is 0.341 e. The summed E-state index contributed by atoms with van der Waals surface area (Å²) in [5, 5.41) is 20.8. The first-order chi connectivity index (χ1) is 19.0. The third kappa shape index (κ3) is 6.27. The van der Waals surface area contributed by atoms with Gasteiger partial charge in [0.1, 0.15) is 21.4 Å². The molecule has 0 aliphatic heterocycles. The van der Waals surface area contributed by atoms with E-state index in [4.69, 9.17) is 21.1 Å². The number of azo groups is 1. The molecule has 1 aliphatic rings. The number of aryl methyl sites for hydroxylation is 1. The van der Waals surface area contributed by atoms with Gasteiger partial charge in [-0.05, 0) is 74.2 Å². The van der Waals surface area contributed by atoms with Crippen molar-refractivity contribution in [2.75, 3.05) is 24.3 Å². The van der Waals surface area contributed by atoms with Crippen LogP contribution in [0.15, 0.2) is 69.0 Å². The third-order valence-electron chi connectivity index (χ3n) is 5.91. The molecule has 0 atom stereocenters. The van der Waals surface area contributed by atoms with Gasteiger partial charge in [0.25, 0.3) is 15.9 Å². The number of fused-ring (bicyclic) bond motifs is 1. The van der Waals surface area contributed by atoms with Crippen molar-refractivity contribution >= 4 is 61.2 Å². The average Bonchev–Trinajstić information content (AvgIpc) is 3.50. The summed E-state index contributed by atoms with van der Waals surface area (Å²) in [6.07, 6.45) is 2.39. The fraction of sp³-hybridized carbons (Fsp3) is 0.231. The van der Waals surface area contributed by atoms with Gasteiger partial charge in [-0.3, -0.25) is 9.52 Å². The van der Waals surface area contributed by atoms with Crippen LogP contribution in [0.4, 0.5) is 16.4 Å². The highest BCUT2D eigenvalue weighted by Gasteiger charge is 2.29. The molecule has 1 heterocycles. The van der Waals surface area contributed by atoms with E-state index in [1.807, 2.05) is 0 Å². The van der Waals surface area contributed by atoms with Crippen molar-refractivity contribution < 1.29 is 32.6 Å². The standard InChI is InChI=1S/C26H25ClN4O7S2/c1-14(32)23(24(33)28-25-22(26(34)38-3)18-5-4-6-20(18)39-25)30-29-16-9-12-19(27)21(13-16)40(35,36)31-15-7-10-17(37-2)11-8-15/h7-13,31-32H,4-6H2,1-3H3,(H,28,33)/b23-14-,30-29?. The number of amides is 1. The summed E-state index contributed by atoms with van der Waals surface area (Å²) in [7, 11) is -1.36. The molecule has 1 aliphatic carbocycles. The molecule has 4 rings (SSSR count). The number of benzene rings is 2. The lowest BCUT2D eigenvalue weighted by Gasteiger charge is -2.10. The molecule has 11 nitrogen and oxygen atoms in total. The summed E-state index contributed by atoms with van der Waals surface area (Å²) in [5.41, 5.74) is 1.04. The van der Waals surface area contributed by atoms with E-state index in [9.17, 15) is 23.1 Å². The molecule has 0 saturated carbocycles. The second-order valence-corrected chi connectivity index (χ2v) is 11.8. The molecule has 0 saturated heterocycles. The number of allylic oxidation sites excluding steroid dienone is 1. The Balaban J connectivity index is 1.57. The molecule has 0 radical (unpaired) electrons. The number of nitrogens with zero attached hydrogens (tertiary/aromatic N) is 2. The molecule has 2 aromatic carbocycles. The number of aliphatic hydroxyl groups is 1. The Labute approximate surface area is 239 Å². The van der Waals surface area contributed by atoms with Crippen molar-refractivity contribution in [3.8, 4) is 5.75 Å². The maximum Gasteiger partial charge on any atom is 0.341 e. The predicted octanol–water partition coefficient (Wildman–Crippen LogP) is 6.00. The van der Waals surface area contributed by atoms with Crippen LogP contribution >= 0.6 is 22.9 Å². The summed E-state index contributed by atoms with van der Waals surface area (Å²) in [4.78, 5) is 26.1. The number of esters is 1. The SMILES string of the molecule is COC(=O)c1c(NC(=O)/C(N=Nc2ccc(Cl)c(S(=O)(=O)Nc3ccc(OC)cc3)c2)=C(\C)O)sc2c1CCC2. The zero-order chi connectivity index (χ0) is 29.0. The lowest BCUT2D eigenvalue weighted by Crippen LogP contribution is -2.16. The van der Waals surface area contributed by atoms with E-state index in [0.717, 1.165) is 23.3 Å². The molecule has 3 aromatic rings. The zero-order valence-electron chi connectivity index (χ0n) is 21.6. The zero-order valence-corrected chi connectivity index (χ0v) is 24.0. The quantitative estimate of drug-likeness (QED) is 0.117. The van der Waals surface area contributed by atoms with E-state index < -0.39 is 33.4 Å². The first kappa shape index (κ1) is 29.1. The van der Waals surface area contributed by atoms with Crippen LogP contribution in [0.2, 0.25) is 5.02 Å². The Kier molecular flexibility index (Phi) is 8.76. The van der Waals surface area contributed by atoms with Crippen molar-refractivity contribution in [2.24, 2.45) is 10.2 Å². The van der Waals surface area contributed by atoms with Crippen LogP contribution < -0.4 is 14.8 Å². The van der Waals surface area contributed by atoms with Gasteiger partial charge in [-0.1, -0.05) is 11.6 Å². The third-order valence-corrected chi connectivity index (χ3v) is 8.98. The number of hydrogen-bond donors (Lipinski definition) is 3. The molecule has 14 heteroatoms. The summed E-state index contributed by atoms with van der Waals surface area (Å²) >= 11 is 7.44. The van der Waals surface area contributed by atoms with Gasteiger partial charge in [-0.2, -0.15) is 5.11 Å². The highest BCUT2D eigenvalue weighted by molar-refractivity contribution is 7.92. The minimum absolute atomic E-state index is 0.0522. The average molecular weight is 605 g/mol. The number of anilines is 2. The first-order valence-electron chi connectivity index (χ1n) is 11.9. The molecule has 40 heavy (non-hydrogen) atoms. The molecular formula is C26H25ClN4O7S2. The normalized spacial score (nSPS) is 13.5. The van der Waals surface area contributed by atoms with E-state index in [0.29, 0.717) is 17.2 Å². The largest absolute Gasteiger partial charge is 0.510 e. The Morgan fingerprint density at radius 2 is 1.82 bits per heavy atom. The topological polar surface area (TPSA) is 156 Å². The van der Waals surface area contributed by atoms with E-state index >= 15 is 0 Å².